The molecule has 0 saturated carbocycles. The van der Waals surface area contributed by atoms with E-state index in [1.165, 1.54) is 19.3 Å². The van der Waals surface area contributed by atoms with Crippen LogP contribution < -0.4 is 5.73 Å². The minimum absolute atomic E-state index is 0.280. The minimum atomic E-state index is -0.310. The molecule has 0 unspecified atom stereocenters. The number of unbranched alkanes of at least 4 members (excludes halogenated alkanes) is 2. The Labute approximate surface area is 90.7 Å². The zero-order chi connectivity index (χ0) is 11.1. The predicted octanol–water partition coefficient (Wildman–Crippen LogP) is 1.84. The number of aromatic nitrogens is 1. The second kappa shape index (κ2) is 6.17. The summed E-state index contributed by atoms with van der Waals surface area (Å²) in [7, 11) is 0. The Morgan fingerprint density at radius 1 is 1.40 bits per heavy atom. The van der Waals surface area contributed by atoms with Crippen molar-refractivity contribution < 1.29 is 4.79 Å². The summed E-state index contributed by atoms with van der Waals surface area (Å²) in [5.41, 5.74) is 7.08. The molecule has 0 spiro atoms. The lowest BCUT2D eigenvalue weighted by atomic mass is 10.1. The molecule has 3 nitrogen and oxygen atoms in total. The van der Waals surface area contributed by atoms with Gasteiger partial charge in [0.2, 0.25) is 5.91 Å². The topological polar surface area (TPSA) is 56.0 Å². The second-order valence-electron chi connectivity index (χ2n) is 3.76. The number of aryl methyl sites for hydroxylation is 1. The molecule has 0 aliphatic heterocycles. The van der Waals surface area contributed by atoms with Gasteiger partial charge in [0.15, 0.2) is 0 Å². The summed E-state index contributed by atoms with van der Waals surface area (Å²) in [6.07, 6.45) is 6.68. The van der Waals surface area contributed by atoms with Crippen molar-refractivity contribution in [1.82, 2.24) is 4.98 Å². The summed E-state index contributed by atoms with van der Waals surface area (Å²) in [4.78, 5) is 15.0. The van der Waals surface area contributed by atoms with E-state index in [-0.39, 0.29) is 12.3 Å². The standard InChI is InChI=1S/C12H18N2O/c1-2-3-4-5-11-7-6-10(9-14-11)8-12(13)15/h6-7,9H,2-5,8H2,1H3,(H2,13,15). The highest BCUT2D eigenvalue weighted by Gasteiger charge is 1.99. The molecule has 1 amide bonds. The predicted molar refractivity (Wildman–Crippen MR) is 60.4 cm³/mol. The molecule has 0 aliphatic rings. The van der Waals surface area contributed by atoms with Crippen molar-refractivity contribution >= 4 is 5.91 Å². The molecule has 0 saturated heterocycles. The Bertz CT molecular complexity index is 306. The molecule has 1 rings (SSSR count). The average Bonchev–Trinajstić information content (AvgIpc) is 2.20. The third-order valence-electron chi connectivity index (χ3n) is 2.30. The highest BCUT2D eigenvalue weighted by Crippen LogP contribution is 2.05. The molecule has 0 aliphatic carbocycles. The van der Waals surface area contributed by atoms with Crippen LogP contribution >= 0.6 is 0 Å². The molecular weight excluding hydrogens is 188 g/mol. The number of nitrogens with two attached hydrogens (primary N) is 1. The van der Waals surface area contributed by atoms with Crippen LogP contribution in [0.1, 0.15) is 37.4 Å². The summed E-state index contributed by atoms with van der Waals surface area (Å²) < 4.78 is 0. The zero-order valence-electron chi connectivity index (χ0n) is 9.20. The van der Waals surface area contributed by atoms with Crippen molar-refractivity contribution in [2.24, 2.45) is 5.73 Å². The van der Waals surface area contributed by atoms with E-state index in [1.54, 1.807) is 6.20 Å². The number of hydrogen-bond donors (Lipinski definition) is 1. The van der Waals surface area contributed by atoms with Gasteiger partial charge in [0.05, 0.1) is 6.42 Å². The Balaban J connectivity index is 2.45. The van der Waals surface area contributed by atoms with Crippen LogP contribution in [0.4, 0.5) is 0 Å². The maximum Gasteiger partial charge on any atom is 0.221 e. The molecule has 82 valence electrons. The fourth-order valence-electron chi connectivity index (χ4n) is 1.46. The molecule has 0 fully saturated rings. The van der Waals surface area contributed by atoms with E-state index in [2.05, 4.69) is 11.9 Å². The lowest BCUT2D eigenvalue weighted by Gasteiger charge is -2.01. The molecule has 3 heteroatoms. The number of pyridine rings is 1. The summed E-state index contributed by atoms with van der Waals surface area (Å²) >= 11 is 0. The maximum absolute atomic E-state index is 10.7. The van der Waals surface area contributed by atoms with Gasteiger partial charge < -0.3 is 5.73 Å². The third-order valence-corrected chi connectivity index (χ3v) is 2.30. The van der Waals surface area contributed by atoms with Crippen LogP contribution in [0.2, 0.25) is 0 Å². The summed E-state index contributed by atoms with van der Waals surface area (Å²) in [5, 5.41) is 0. The Hall–Kier alpha value is -1.38. The first-order valence-corrected chi connectivity index (χ1v) is 5.44. The van der Waals surface area contributed by atoms with Crippen molar-refractivity contribution in [2.45, 2.75) is 39.0 Å². The Morgan fingerprint density at radius 2 is 2.20 bits per heavy atom. The first kappa shape index (κ1) is 11.7. The van der Waals surface area contributed by atoms with Crippen molar-refractivity contribution in [3.8, 4) is 0 Å². The van der Waals surface area contributed by atoms with E-state index in [9.17, 15) is 4.79 Å². The largest absolute Gasteiger partial charge is 0.369 e. The molecule has 0 radical (unpaired) electrons. The SMILES string of the molecule is CCCCCc1ccc(CC(N)=O)cn1. The van der Waals surface area contributed by atoms with E-state index >= 15 is 0 Å². The lowest BCUT2D eigenvalue weighted by Crippen LogP contribution is -2.13. The van der Waals surface area contributed by atoms with Crippen molar-refractivity contribution in [2.75, 3.05) is 0 Å². The van der Waals surface area contributed by atoms with E-state index in [4.69, 9.17) is 5.73 Å². The molecule has 1 heterocycles. The molecule has 0 bridgehead atoms. The molecule has 0 atom stereocenters. The van der Waals surface area contributed by atoms with Crippen LogP contribution in [0.15, 0.2) is 18.3 Å². The molecule has 15 heavy (non-hydrogen) atoms. The van der Waals surface area contributed by atoms with Gasteiger partial charge >= 0.3 is 0 Å². The van der Waals surface area contributed by atoms with Crippen LogP contribution in [0, 0.1) is 0 Å². The molecular formula is C12H18N2O. The molecule has 1 aromatic heterocycles. The quantitative estimate of drug-likeness (QED) is 0.722. The van der Waals surface area contributed by atoms with Gasteiger partial charge in [-0.25, -0.2) is 0 Å². The van der Waals surface area contributed by atoms with Crippen molar-refractivity contribution in [1.29, 1.82) is 0 Å². The minimum Gasteiger partial charge on any atom is -0.369 e. The second-order valence-corrected chi connectivity index (χ2v) is 3.76. The van der Waals surface area contributed by atoms with Crippen LogP contribution in [0.5, 0.6) is 0 Å². The van der Waals surface area contributed by atoms with E-state index in [1.807, 2.05) is 12.1 Å². The highest BCUT2D eigenvalue weighted by atomic mass is 16.1. The van der Waals surface area contributed by atoms with Gasteiger partial charge in [0.1, 0.15) is 0 Å². The van der Waals surface area contributed by atoms with E-state index in [0.717, 1.165) is 17.7 Å². The number of primary amides is 1. The lowest BCUT2D eigenvalue weighted by molar-refractivity contribution is -0.117. The zero-order valence-corrected chi connectivity index (χ0v) is 9.20. The van der Waals surface area contributed by atoms with Crippen molar-refractivity contribution in [3.05, 3.63) is 29.6 Å². The fraction of sp³-hybridized carbons (Fsp3) is 0.500. The summed E-state index contributed by atoms with van der Waals surface area (Å²) in [6.45, 7) is 2.18. The van der Waals surface area contributed by atoms with Gasteiger partial charge in [0.25, 0.3) is 0 Å². The molecule has 1 aromatic rings. The van der Waals surface area contributed by atoms with E-state index < -0.39 is 0 Å². The van der Waals surface area contributed by atoms with Gasteiger partial charge in [-0.3, -0.25) is 9.78 Å². The smallest absolute Gasteiger partial charge is 0.221 e. The Kier molecular flexibility index (Phi) is 4.81. The molecule has 2 N–H and O–H groups in total. The monoisotopic (exact) mass is 206 g/mol. The van der Waals surface area contributed by atoms with Crippen LogP contribution in [0.25, 0.3) is 0 Å². The van der Waals surface area contributed by atoms with Gasteiger partial charge in [-0.05, 0) is 24.5 Å². The van der Waals surface area contributed by atoms with Gasteiger partial charge in [-0.15, -0.1) is 0 Å². The van der Waals surface area contributed by atoms with Crippen LogP contribution in [0.3, 0.4) is 0 Å². The number of hydrogen-bond acceptors (Lipinski definition) is 2. The number of rotatable bonds is 6. The number of carbonyl (C=O) groups is 1. The van der Waals surface area contributed by atoms with Crippen LogP contribution in [-0.2, 0) is 17.6 Å². The number of carbonyl (C=O) groups excluding carboxylic acids is 1. The molecule has 0 aromatic carbocycles. The highest BCUT2D eigenvalue weighted by molar-refractivity contribution is 5.76. The third kappa shape index (κ3) is 4.58. The summed E-state index contributed by atoms with van der Waals surface area (Å²) in [5.74, 6) is -0.310. The Morgan fingerprint density at radius 3 is 2.73 bits per heavy atom. The fourth-order valence-corrected chi connectivity index (χ4v) is 1.46. The van der Waals surface area contributed by atoms with E-state index in [0.29, 0.717) is 0 Å². The first-order chi connectivity index (χ1) is 7.22. The van der Waals surface area contributed by atoms with Gasteiger partial charge in [0, 0.05) is 11.9 Å². The van der Waals surface area contributed by atoms with Crippen molar-refractivity contribution in [3.63, 3.8) is 0 Å². The summed E-state index contributed by atoms with van der Waals surface area (Å²) in [6, 6.07) is 3.91. The number of amides is 1. The first-order valence-electron chi connectivity index (χ1n) is 5.44. The van der Waals surface area contributed by atoms with Gasteiger partial charge in [-0.1, -0.05) is 25.8 Å². The normalized spacial score (nSPS) is 10.2. The van der Waals surface area contributed by atoms with Gasteiger partial charge in [-0.2, -0.15) is 0 Å². The van der Waals surface area contributed by atoms with Crippen LogP contribution in [-0.4, -0.2) is 10.9 Å². The maximum atomic E-state index is 10.7. The average molecular weight is 206 g/mol. The number of nitrogens with zero attached hydrogens (tertiary/aromatic N) is 1.